The number of carbonyl (C=O) groups is 1. The molecule has 0 fully saturated rings. The standard InChI is InChI=1S/C17H16O4/c1-3-21-17(2,20)15-12-7-11(12)14(16(18)19)9-5-4-8-6-10(8)13(9)15/h3,6,10,20H,1,4-5,7H2,2H3,(H,18,19)/t10-,17?/m1/s1. The van der Waals surface area contributed by atoms with E-state index in [1.807, 2.05) is 0 Å². The SMILES string of the molecule is C=COC(C)(O)c1c2c(c(C(=O)O)c3c1[C@@H]1C=C1CC3)C2. The molecule has 108 valence electrons. The lowest BCUT2D eigenvalue weighted by molar-refractivity contribution is -0.160. The van der Waals surface area contributed by atoms with E-state index in [-0.39, 0.29) is 5.92 Å². The second-order valence-corrected chi connectivity index (χ2v) is 6.07. The lowest BCUT2D eigenvalue weighted by Gasteiger charge is -2.29. The number of aromatic carboxylic acids is 1. The molecule has 0 spiro atoms. The molecule has 0 radical (unpaired) electrons. The lowest BCUT2D eigenvalue weighted by atomic mass is 9.82. The fraction of sp³-hybridized carbons (Fsp3) is 0.353. The van der Waals surface area contributed by atoms with Crippen LogP contribution >= 0.6 is 0 Å². The first kappa shape index (κ1) is 12.7. The van der Waals surface area contributed by atoms with E-state index < -0.39 is 11.8 Å². The summed E-state index contributed by atoms with van der Waals surface area (Å²) in [6.07, 6.45) is 5.66. The summed E-state index contributed by atoms with van der Waals surface area (Å²) in [5.41, 5.74) is 6.18. The molecule has 3 aliphatic carbocycles. The van der Waals surface area contributed by atoms with E-state index in [0.29, 0.717) is 12.0 Å². The van der Waals surface area contributed by atoms with Gasteiger partial charge in [0.1, 0.15) is 0 Å². The van der Waals surface area contributed by atoms with Gasteiger partial charge in [0, 0.05) is 18.4 Å². The third-order valence-electron chi connectivity index (χ3n) is 4.73. The predicted octanol–water partition coefficient (Wildman–Crippen LogP) is 2.58. The summed E-state index contributed by atoms with van der Waals surface area (Å²) in [7, 11) is 0. The van der Waals surface area contributed by atoms with Crippen LogP contribution in [0.5, 0.6) is 0 Å². The molecular formula is C17H16O4. The molecule has 2 atom stereocenters. The van der Waals surface area contributed by atoms with Gasteiger partial charge in [0.15, 0.2) is 0 Å². The smallest absolute Gasteiger partial charge is 0.336 e. The van der Waals surface area contributed by atoms with Crippen LogP contribution in [0.15, 0.2) is 24.5 Å². The highest BCUT2D eigenvalue weighted by Gasteiger charge is 2.47. The van der Waals surface area contributed by atoms with Gasteiger partial charge in [-0.1, -0.05) is 18.2 Å². The molecule has 1 aromatic rings. The molecule has 0 heterocycles. The first-order valence-corrected chi connectivity index (χ1v) is 7.11. The van der Waals surface area contributed by atoms with Gasteiger partial charge in [-0.05, 0) is 41.5 Å². The van der Waals surface area contributed by atoms with E-state index >= 15 is 0 Å². The maximum atomic E-state index is 11.6. The normalized spacial score (nSPS) is 23.0. The predicted molar refractivity (Wildman–Crippen MR) is 76.2 cm³/mol. The van der Waals surface area contributed by atoms with Gasteiger partial charge in [-0.2, -0.15) is 0 Å². The van der Waals surface area contributed by atoms with Crippen LogP contribution in [0.2, 0.25) is 0 Å². The van der Waals surface area contributed by atoms with Crippen molar-refractivity contribution in [3.05, 3.63) is 57.9 Å². The topological polar surface area (TPSA) is 66.8 Å². The third kappa shape index (κ3) is 1.62. The molecule has 0 saturated heterocycles. The molecule has 0 bridgehead atoms. The Labute approximate surface area is 122 Å². The zero-order valence-electron chi connectivity index (χ0n) is 11.8. The zero-order chi connectivity index (χ0) is 14.9. The van der Waals surface area contributed by atoms with E-state index in [4.69, 9.17) is 4.74 Å². The van der Waals surface area contributed by atoms with Gasteiger partial charge in [-0.3, -0.25) is 0 Å². The number of allylic oxidation sites excluding steroid dienone is 2. The Morgan fingerprint density at radius 3 is 2.86 bits per heavy atom. The van der Waals surface area contributed by atoms with Gasteiger partial charge in [0.2, 0.25) is 5.79 Å². The number of rotatable bonds is 4. The summed E-state index contributed by atoms with van der Waals surface area (Å²) in [6.45, 7) is 5.11. The summed E-state index contributed by atoms with van der Waals surface area (Å²) >= 11 is 0. The van der Waals surface area contributed by atoms with Gasteiger partial charge < -0.3 is 14.9 Å². The van der Waals surface area contributed by atoms with Crippen LogP contribution in [0.25, 0.3) is 0 Å². The van der Waals surface area contributed by atoms with Crippen molar-refractivity contribution in [1.29, 1.82) is 0 Å². The van der Waals surface area contributed by atoms with Crippen LogP contribution in [-0.2, 0) is 23.4 Å². The van der Waals surface area contributed by atoms with E-state index in [1.54, 1.807) is 6.92 Å². The van der Waals surface area contributed by atoms with Crippen LogP contribution in [0.3, 0.4) is 0 Å². The average molecular weight is 284 g/mol. The first-order chi connectivity index (χ1) is 9.95. The molecule has 21 heavy (non-hydrogen) atoms. The fourth-order valence-corrected chi connectivity index (χ4v) is 3.80. The molecule has 3 aliphatic rings. The van der Waals surface area contributed by atoms with Gasteiger partial charge >= 0.3 is 5.97 Å². The number of carboxylic acids is 1. The lowest BCUT2D eigenvalue weighted by Crippen LogP contribution is -2.27. The Balaban J connectivity index is 1.98. The number of fused-ring (bicyclic) bond motifs is 4. The highest BCUT2D eigenvalue weighted by atomic mass is 16.6. The Kier molecular flexibility index (Phi) is 2.27. The summed E-state index contributed by atoms with van der Waals surface area (Å²) in [6, 6.07) is 0. The van der Waals surface area contributed by atoms with Crippen LogP contribution < -0.4 is 0 Å². The number of carboxylic acid groups (broad SMARTS) is 1. The van der Waals surface area contributed by atoms with E-state index in [2.05, 4.69) is 12.7 Å². The molecule has 2 N–H and O–H groups in total. The zero-order valence-corrected chi connectivity index (χ0v) is 11.8. The number of ether oxygens (including phenoxy) is 1. The number of aliphatic hydroxyl groups is 1. The van der Waals surface area contributed by atoms with Crippen molar-refractivity contribution in [3.8, 4) is 0 Å². The Morgan fingerprint density at radius 1 is 1.43 bits per heavy atom. The number of hydrogen-bond donors (Lipinski definition) is 2. The minimum atomic E-state index is -1.46. The fourth-order valence-electron chi connectivity index (χ4n) is 3.80. The van der Waals surface area contributed by atoms with Crippen molar-refractivity contribution < 1.29 is 19.7 Å². The molecule has 1 unspecified atom stereocenters. The highest BCUT2D eigenvalue weighted by Crippen LogP contribution is 2.56. The van der Waals surface area contributed by atoms with Crippen LogP contribution in [0.1, 0.15) is 57.4 Å². The molecule has 4 heteroatoms. The molecule has 0 saturated carbocycles. The average Bonchev–Trinajstić information content (AvgIpc) is 3.27. The van der Waals surface area contributed by atoms with E-state index in [1.165, 1.54) is 11.8 Å². The molecule has 0 aliphatic heterocycles. The second-order valence-electron chi connectivity index (χ2n) is 6.07. The highest BCUT2D eigenvalue weighted by molar-refractivity contribution is 5.95. The van der Waals surface area contributed by atoms with E-state index in [9.17, 15) is 15.0 Å². The van der Waals surface area contributed by atoms with Crippen molar-refractivity contribution in [3.63, 3.8) is 0 Å². The van der Waals surface area contributed by atoms with Crippen molar-refractivity contribution in [1.82, 2.24) is 0 Å². The minimum absolute atomic E-state index is 0.188. The molecule has 0 amide bonds. The van der Waals surface area contributed by atoms with Gasteiger partial charge in [-0.25, -0.2) is 4.79 Å². The Morgan fingerprint density at radius 2 is 2.19 bits per heavy atom. The molecular weight excluding hydrogens is 268 g/mol. The molecule has 4 rings (SSSR count). The minimum Gasteiger partial charge on any atom is -0.478 e. The number of benzene rings is 1. The monoisotopic (exact) mass is 284 g/mol. The van der Waals surface area contributed by atoms with Gasteiger partial charge in [0.05, 0.1) is 11.8 Å². The maximum Gasteiger partial charge on any atom is 0.336 e. The van der Waals surface area contributed by atoms with Crippen molar-refractivity contribution in [2.45, 2.75) is 37.9 Å². The maximum absolute atomic E-state index is 11.6. The summed E-state index contributed by atoms with van der Waals surface area (Å²) in [5.74, 6) is -2.13. The van der Waals surface area contributed by atoms with Gasteiger partial charge in [-0.15, -0.1) is 0 Å². The van der Waals surface area contributed by atoms with Gasteiger partial charge in [0.25, 0.3) is 0 Å². The summed E-state index contributed by atoms with van der Waals surface area (Å²) < 4.78 is 5.31. The van der Waals surface area contributed by atoms with Crippen molar-refractivity contribution in [2.24, 2.45) is 0 Å². The molecule has 4 nitrogen and oxygen atoms in total. The largest absolute Gasteiger partial charge is 0.478 e. The third-order valence-corrected chi connectivity index (χ3v) is 4.73. The van der Waals surface area contributed by atoms with Crippen molar-refractivity contribution >= 4 is 5.97 Å². The first-order valence-electron chi connectivity index (χ1n) is 7.11. The molecule has 0 aromatic heterocycles. The van der Waals surface area contributed by atoms with Crippen LogP contribution in [0.4, 0.5) is 0 Å². The second kappa shape index (κ2) is 3.77. The number of hydrogen-bond acceptors (Lipinski definition) is 3. The van der Waals surface area contributed by atoms with E-state index in [0.717, 1.165) is 40.7 Å². The van der Waals surface area contributed by atoms with Crippen molar-refractivity contribution in [2.75, 3.05) is 0 Å². The summed E-state index contributed by atoms with van der Waals surface area (Å²) in [4.78, 5) is 11.6. The quantitative estimate of drug-likeness (QED) is 0.514. The van der Waals surface area contributed by atoms with Crippen LogP contribution in [0, 0.1) is 0 Å². The van der Waals surface area contributed by atoms with Crippen LogP contribution in [-0.4, -0.2) is 16.2 Å². The Bertz CT molecular complexity index is 740. The Hall–Kier alpha value is -2.07. The summed E-state index contributed by atoms with van der Waals surface area (Å²) in [5, 5.41) is 20.2. The molecule has 1 aromatic carbocycles.